The lowest BCUT2D eigenvalue weighted by atomic mass is 10.1. The summed E-state index contributed by atoms with van der Waals surface area (Å²) in [4.78, 5) is 23.9. The number of carbonyl (C=O) groups excluding carboxylic acids is 2. The van der Waals surface area contributed by atoms with E-state index in [1.54, 1.807) is 12.1 Å². The number of cyclic esters (lactones) is 1. The number of rotatable bonds is 4. The molecule has 6 nitrogen and oxygen atoms in total. The summed E-state index contributed by atoms with van der Waals surface area (Å²) in [5.41, 5.74) is -0.361. The van der Waals surface area contributed by atoms with Gasteiger partial charge in [-0.15, -0.1) is 0 Å². The lowest BCUT2D eigenvalue weighted by Crippen LogP contribution is -2.49. The Kier molecular flexibility index (Phi) is 4.13. The number of carbonyl (C=O) groups is 2. The van der Waals surface area contributed by atoms with Crippen molar-refractivity contribution in [3.05, 3.63) is 24.2 Å². The molecule has 20 heavy (non-hydrogen) atoms. The molecular formula is C14H20N2O4. The summed E-state index contributed by atoms with van der Waals surface area (Å²) in [5.74, 6) is -0.0799. The first-order chi connectivity index (χ1) is 9.37. The van der Waals surface area contributed by atoms with Crippen molar-refractivity contribution in [1.82, 2.24) is 10.6 Å². The van der Waals surface area contributed by atoms with E-state index in [4.69, 9.17) is 9.15 Å². The molecule has 0 saturated carbocycles. The summed E-state index contributed by atoms with van der Waals surface area (Å²) in [6, 6.07) is 2.23. The summed E-state index contributed by atoms with van der Waals surface area (Å²) in [7, 11) is 0. The second kappa shape index (κ2) is 5.66. The third-order valence-corrected chi connectivity index (χ3v) is 2.89. The van der Waals surface area contributed by atoms with Gasteiger partial charge in [0.05, 0.1) is 12.9 Å². The lowest BCUT2D eigenvalue weighted by molar-refractivity contribution is -0.140. The molecule has 0 unspecified atom stereocenters. The fourth-order valence-electron chi connectivity index (χ4n) is 2.03. The van der Waals surface area contributed by atoms with Gasteiger partial charge in [0.15, 0.2) is 0 Å². The van der Waals surface area contributed by atoms with Crippen LogP contribution in [0, 0.1) is 0 Å². The quantitative estimate of drug-likeness (QED) is 0.808. The predicted octanol–water partition coefficient (Wildman–Crippen LogP) is 1.14. The molecule has 2 rings (SSSR count). The number of hydrogen-bond acceptors (Lipinski definition) is 5. The van der Waals surface area contributed by atoms with Gasteiger partial charge in [0, 0.05) is 12.0 Å². The van der Waals surface area contributed by atoms with Gasteiger partial charge in [-0.3, -0.25) is 14.9 Å². The predicted molar refractivity (Wildman–Crippen MR) is 71.8 cm³/mol. The zero-order valence-corrected chi connectivity index (χ0v) is 11.9. The van der Waals surface area contributed by atoms with Crippen molar-refractivity contribution in [2.45, 2.75) is 44.8 Å². The number of nitrogens with one attached hydrogen (secondary N) is 2. The van der Waals surface area contributed by atoms with Crippen molar-refractivity contribution in [2.24, 2.45) is 0 Å². The first-order valence-corrected chi connectivity index (χ1v) is 6.65. The van der Waals surface area contributed by atoms with E-state index in [1.807, 2.05) is 20.8 Å². The van der Waals surface area contributed by atoms with Crippen LogP contribution in [0.25, 0.3) is 0 Å². The maximum absolute atomic E-state index is 12.4. The Balaban J connectivity index is 2.13. The Bertz CT molecular complexity index is 476. The van der Waals surface area contributed by atoms with Crippen molar-refractivity contribution in [3.8, 4) is 0 Å². The molecule has 0 aromatic carbocycles. The minimum Gasteiger partial charge on any atom is -0.467 e. The van der Waals surface area contributed by atoms with E-state index in [0.717, 1.165) is 0 Å². The molecule has 1 fully saturated rings. The smallest absolute Gasteiger partial charge is 0.323 e. The van der Waals surface area contributed by atoms with Gasteiger partial charge < -0.3 is 14.5 Å². The minimum atomic E-state index is -0.708. The van der Waals surface area contributed by atoms with E-state index >= 15 is 0 Å². The first kappa shape index (κ1) is 14.6. The third kappa shape index (κ3) is 3.60. The fourth-order valence-corrected chi connectivity index (χ4v) is 2.03. The highest BCUT2D eigenvalue weighted by atomic mass is 16.5. The Morgan fingerprint density at radius 2 is 2.20 bits per heavy atom. The molecule has 0 bridgehead atoms. The van der Waals surface area contributed by atoms with Crippen LogP contribution in [0.15, 0.2) is 22.8 Å². The molecule has 0 spiro atoms. The second-order valence-corrected chi connectivity index (χ2v) is 5.86. The maximum atomic E-state index is 12.4. The van der Waals surface area contributed by atoms with E-state index in [-0.39, 0.29) is 17.4 Å². The normalized spacial score (nSPS) is 20.6. The third-order valence-electron chi connectivity index (χ3n) is 2.89. The summed E-state index contributed by atoms with van der Waals surface area (Å²) in [5, 5.41) is 5.89. The zero-order chi connectivity index (χ0) is 14.8. The summed E-state index contributed by atoms with van der Waals surface area (Å²) in [6.45, 7) is 6.07. The Morgan fingerprint density at radius 1 is 1.45 bits per heavy atom. The van der Waals surface area contributed by atoms with Crippen LogP contribution in [0.3, 0.4) is 0 Å². The molecule has 1 amide bonds. The van der Waals surface area contributed by atoms with E-state index in [1.165, 1.54) is 6.26 Å². The van der Waals surface area contributed by atoms with Gasteiger partial charge in [-0.1, -0.05) is 0 Å². The van der Waals surface area contributed by atoms with Gasteiger partial charge in [0.1, 0.15) is 17.8 Å². The van der Waals surface area contributed by atoms with Gasteiger partial charge in [-0.2, -0.15) is 0 Å². The highest BCUT2D eigenvalue weighted by Crippen LogP contribution is 2.18. The topological polar surface area (TPSA) is 80.6 Å². The average molecular weight is 280 g/mol. The maximum Gasteiger partial charge on any atom is 0.323 e. The summed E-state index contributed by atoms with van der Waals surface area (Å²) < 4.78 is 10.2. The van der Waals surface area contributed by atoms with Gasteiger partial charge in [0.2, 0.25) is 5.91 Å². The van der Waals surface area contributed by atoms with Crippen molar-refractivity contribution < 1.29 is 18.7 Å². The van der Waals surface area contributed by atoms with Crippen molar-refractivity contribution in [3.63, 3.8) is 0 Å². The van der Waals surface area contributed by atoms with Crippen LogP contribution in [-0.4, -0.2) is 30.1 Å². The number of hydrogen-bond donors (Lipinski definition) is 2. The molecule has 110 valence electrons. The Morgan fingerprint density at radius 3 is 2.70 bits per heavy atom. The minimum absolute atomic E-state index is 0.229. The lowest BCUT2D eigenvalue weighted by Gasteiger charge is -2.25. The molecule has 1 aliphatic heterocycles. The fraction of sp³-hybridized carbons (Fsp3) is 0.571. The average Bonchev–Trinajstić information content (AvgIpc) is 2.95. The van der Waals surface area contributed by atoms with Crippen molar-refractivity contribution >= 4 is 11.9 Å². The van der Waals surface area contributed by atoms with Gasteiger partial charge in [-0.05, 0) is 32.9 Å². The molecule has 2 atom stereocenters. The van der Waals surface area contributed by atoms with Crippen molar-refractivity contribution in [2.75, 3.05) is 6.61 Å². The Hall–Kier alpha value is -1.82. The highest BCUT2D eigenvalue weighted by molar-refractivity contribution is 5.85. The molecule has 6 heteroatoms. The SMILES string of the molecule is CC(C)(C)NC(=O)[C@@H](N[C@H]1CCOC1=O)c1ccco1. The first-order valence-electron chi connectivity index (χ1n) is 6.65. The molecule has 2 heterocycles. The van der Waals surface area contributed by atoms with Crippen LogP contribution in [0.4, 0.5) is 0 Å². The van der Waals surface area contributed by atoms with Gasteiger partial charge >= 0.3 is 5.97 Å². The second-order valence-electron chi connectivity index (χ2n) is 5.86. The molecule has 0 radical (unpaired) electrons. The number of amides is 1. The highest BCUT2D eigenvalue weighted by Gasteiger charge is 2.34. The molecule has 1 aliphatic rings. The number of ether oxygens (including phenoxy) is 1. The van der Waals surface area contributed by atoms with Crippen LogP contribution >= 0.6 is 0 Å². The van der Waals surface area contributed by atoms with Crippen LogP contribution in [0.2, 0.25) is 0 Å². The number of esters is 1. The van der Waals surface area contributed by atoms with Gasteiger partial charge in [-0.25, -0.2) is 0 Å². The molecule has 2 N–H and O–H groups in total. The van der Waals surface area contributed by atoms with Crippen LogP contribution in [0.5, 0.6) is 0 Å². The number of furan rings is 1. The van der Waals surface area contributed by atoms with E-state index in [9.17, 15) is 9.59 Å². The molecule has 1 saturated heterocycles. The monoisotopic (exact) mass is 280 g/mol. The zero-order valence-electron chi connectivity index (χ0n) is 11.9. The van der Waals surface area contributed by atoms with Crippen molar-refractivity contribution in [1.29, 1.82) is 0 Å². The molecule has 0 aliphatic carbocycles. The summed E-state index contributed by atoms with van der Waals surface area (Å²) >= 11 is 0. The molecule has 1 aromatic rings. The van der Waals surface area contributed by atoms with E-state index in [2.05, 4.69) is 10.6 Å². The molecular weight excluding hydrogens is 260 g/mol. The van der Waals surface area contributed by atoms with Crippen LogP contribution in [0.1, 0.15) is 39.0 Å². The van der Waals surface area contributed by atoms with Gasteiger partial charge in [0.25, 0.3) is 0 Å². The Labute approximate surface area is 117 Å². The van der Waals surface area contributed by atoms with E-state index in [0.29, 0.717) is 18.8 Å². The summed E-state index contributed by atoms with van der Waals surface area (Å²) in [6.07, 6.45) is 2.06. The molecule has 1 aromatic heterocycles. The standard InChI is InChI=1S/C14H20N2O4/c1-14(2,3)16-12(17)11(10-5-4-7-19-10)15-9-6-8-20-13(9)18/h4-5,7,9,11,15H,6,8H2,1-3H3,(H,16,17)/t9-,11-/m0/s1. The largest absolute Gasteiger partial charge is 0.467 e. The van der Waals surface area contributed by atoms with Crippen LogP contribution in [-0.2, 0) is 14.3 Å². The van der Waals surface area contributed by atoms with Crippen LogP contribution < -0.4 is 10.6 Å². The van der Waals surface area contributed by atoms with E-state index < -0.39 is 12.1 Å².